The second-order valence-corrected chi connectivity index (χ2v) is 8.39. The maximum absolute atomic E-state index is 12.5. The molecule has 1 aliphatic rings. The lowest BCUT2D eigenvalue weighted by Crippen LogP contribution is -2.43. The largest absolute Gasteiger partial charge is 0.492 e. The van der Waals surface area contributed by atoms with Crippen LogP contribution in [0.4, 0.5) is 0 Å². The Morgan fingerprint density at radius 2 is 1.90 bits per heavy atom. The molecular weight excluding hydrogens is 412 g/mol. The fourth-order valence-corrected chi connectivity index (χ4v) is 4.22. The molecule has 1 saturated heterocycles. The average Bonchev–Trinajstić information content (AvgIpc) is 2.79. The summed E-state index contributed by atoms with van der Waals surface area (Å²) in [4.78, 5) is 19.4. The monoisotopic (exact) mass is 440 g/mol. The molecule has 6 nitrogen and oxygen atoms in total. The van der Waals surface area contributed by atoms with Gasteiger partial charge in [-0.1, -0.05) is 23.7 Å². The van der Waals surface area contributed by atoms with Crippen molar-refractivity contribution in [2.24, 2.45) is 0 Å². The zero-order valence-electron chi connectivity index (χ0n) is 17.9. The number of benzene rings is 1. The predicted molar refractivity (Wildman–Crippen MR) is 125 cm³/mol. The molecule has 3 heterocycles. The van der Waals surface area contributed by atoms with Gasteiger partial charge in [0.25, 0.3) is 5.56 Å². The summed E-state index contributed by atoms with van der Waals surface area (Å²) in [6, 6.07) is 13.8. The quantitative estimate of drug-likeness (QED) is 0.578. The normalized spacial score (nSPS) is 15.4. The summed E-state index contributed by atoms with van der Waals surface area (Å²) < 4.78 is 7.39. The van der Waals surface area contributed by atoms with Crippen molar-refractivity contribution in [1.29, 1.82) is 0 Å². The number of ether oxygens (including phenoxy) is 1. The number of hydrogen-bond donors (Lipinski definition) is 1. The maximum atomic E-state index is 12.5. The second-order valence-electron chi connectivity index (χ2n) is 7.95. The van der Waals surface area contributed by atoms with E-state index in [0.717, 1.165) is 55.1 Å². The van der Waals surface area contributed by atoms with Crippen LogP contribution in [0, 0.1) is 0 Å². The van der Waals surface area contributed by atoms with E-state index in [1.54, 1.807) is 18.3 Å². The Morgan fingerprint density at radius 1 is 1.13 bits per heavy atom. The van der Waals surface area contributed by atoms with E-state index in [2.05, 4.69) is 27.3 Å². The molecule has 0 radical (unpaired) electrons. The van der Waals surface area contributed by atoms with E-state index in [4.69, 9.17) is 16.3 Å². The van der Waals surface area contributed by atoms with Gasteiger partial charge in [-0.05, 0) is 56.6 Å². The fraction of sp³-hybridized carbons (Fsp3) is 0.417. The molecular formula is C24H29ClN4O2. The number of likely N-dealkylation sites (tertiary alicyclic amines) is 1. The van der Waals surface area contributed by atoms with Crippen molar-refractivity contribution in [3.8, 4) is 5.75 Å². The summed E-state index contributed by atoms with van der Waals surface area (Å²) in [5.41, 5.74) is 2.90. The molecule has 4 rings (SSSR count). The summed E-state index contributed by atoms with van der Waals surface area (Å²) in [7, 11) is 0. The number of pyridine rings is 2. The Hall–Kier alpha value is -2.41. The second kappa shape index (κ2) is 10.3. The van der Waals surface area contributed by atoms with E-state index in [0.29, 0.717) is 24.9 Å². The van der Waals surface area contributed by atoms with Crippen LogP contribution in [0.5, 0.6) is 5.75 Å². The smallest absolute Gasteiger partial charge is 0.251 e. The standard InChI is InChI=1S/C24H29ClN4O2/c1-2-31-21-15-23-22(27-17-21)7-8-24(30)29(23)14-13-28-11-9-20(10-12-28)26-16-18-3-5-19(25)6-4-18/h3-8,15,17,20,26H,2,9-14,16H2,1H3. The van der Waals surface area contributed by atoms with Crippen LogP contribution in [-0.4, -0.2) is 46.7 Å². The molecule has 0 bridgehead atoms. The number of nitrogens with one attached hydrogen (secondary N) is 1. The van der Waals surface area contributed by atoms with Gasteiger partial charge < -0.3 is 19.5 Å². The van der Waals surface area contributed by atoms with Crippen LogP contribution in [-0.2, 0) is 13.1 Å². The number of aromatic nitrogens is 2. The van der Waals surface area contributed by atoms with Crippen molar-refractivity contribution in [2.45, 2.75) is 38.9 Å². The van der Waals surface area contributed by atoms with Crippen LogP contribution in [0.3, 0.4) is 0 Å². The zero-order chi connectivity index (χ0) is 21.6. The van der Waals surface area contributed by atoms with Crippen LogP contribution < -0.4 is 15.6 Å². The van der Waals surface area contributed by atoms with Gasteiger partial charge in [-0.3, -0.25) is 9.78 Å². The minimum absolute atomic E-state index is 0.00228. The molecule has 0 spiro atoms. The van der Waals surface area contributed by atoms with Gasteiger partial charge in [0.15, 0.2) is 0 Å². The number of rotatable bonds is 8. The van der Waals surface area contributed by atoms with Crippen LogP contribution in [0.25, 0.3) is 11.0 Å². The van der Waals surface area contributed by atoms with E-state index >= 15 is 0 Å². The Balaban J connectivity index is 1.31. The molecule has 7 heteroatoms. The molecule has 2 aromatic heterocycles. The van der Waals surface area contributed by atoms with Gasteiger partial charge in [-0.15, -0.1) is 0 Å². The summed E-state index contributed by atoms with van der Waals surface area (Å²) >= 11 is 5.96. The summed E-state index contributed by atoms with van der Waals surface area (Å²) in [5, 5.41) is 4.43. The predicted octanol–water partition coefficient (Wildman–Crippen LogP) is 3.70. The highest BCUT2D eigenvalue weighted by atomic mass is 35.5. The lowest BCUT2D eigenvalue weighted by molar-refractivity contribution is 0.191. The Bertz CT molecular complexity index is 1060. The highest BCUT2D eigenvalue weighted by molar-refractivity contribution is 6.30. The summed E-state index contributed by atoms with van der Waals surface area (Å²) in [6.07, 6.45) is 3.92. The maximum Gasteiger partial charge on any atom is 0.251 e. The first kappa shape index (κ1) is 21.8. The Morgan fingerprint density at radius 3 is 2.65 bits per heavy atom. The molecule has 1 N–H and O–H groups in total. The van der Waals surface area contributed by atoms with Gasteiger partial charge in [-0.2, -0.15) is 0 Å². The van der Waals surface area contributed by atoms with E-state index in [1.165, 1.54) is 5.56 Å². The number of nitrogens with zero attached hydrogens (tertiary/aromatic N) is 3. The third-order valence-corrected chi connectivity index (χ3v) is 6.11. The Labute approximate surface area is 187 Å². The van der Waals surface area contributed by atoms with Gasteiger partial charge in [0.1, 0.15) is 5.75 Å². The number of halogens is 1. The molecule has 164 valence electrons. The Kier molecular flexibility index (Phi) is 7.22. The first-order valence-electron chi connectivity index (χ1n) is 10.9. The molecule has 1 aliphatic heterocycles. The number of piperidine rings is 1. The van der Waals surface area contributed by atoms with Crippen molar-refractivity contribution in [3.63, 3.8) is 0 Å². The molecule has 31 heavy (non-hydrogen) atoms. The zero-order valence-corrected chi connectivity index (χ0v) is 18.6. The molecule has 1 aromatic carbocycles. The van der Waals surface area contributed by atoms with Gasteiger partial charge in [-0.25, -0.2) is 0 Å². The molecule has 0 atom stereocenters. The van der Waals surface area contributed by atoms with Gasteiger partial charge in [0.05, 0.1) is 23.8 Å². The van der Waals surface area contributed by atoms with Crippen LogP contribution in [0.1, 0.15) is 25.3 Å². The number of fused-ring (bicyclic) bond motifs is 1. The molecule has 1 fully saturated rings. The first-order valence-corrected chi connectivity index (χ1v) is 11.3. The van der Waals surface area contributed by atoms with Crippen molar-refractivity contribution < 1.29 is 4.74 Å². The van der Waals surface area contributed by atoms with Crippen molar-refractivity contribution in [2.75, 3.05) is 26.2 Å². The van der Waals surface area contributed by atoms with E-state index in [1.807, 2.05) is 29.7 Å². The molecule has 0 saturated carbocycles. The highest BCUT2D eigenvalue weighted by Crippen LogP contribution is 2.18. The van der Waals surface area contributed by atoms with Gasteiger partial charge in [0.2, 0.25) is 0 Å². The van der Waals surface area contributed by atoms with E-state index < -0.39 is 0 Å². The SMILES string of the molecule is CCOc1cnc2ccc(=O)n(CCN3CCC(NCc4ccc(Cl)cc4)CC3)c2c1. The van der Waals surface area contributed by atoms with E-state index in [9.17, 15) is 4.79 Å². The minimum Gasteiger partial charge on any atom is -0.492 e. The van der Waals surface area contributed by atoms with Crippen molar-refractivity contribution >= 4 is 22.6 Å². The fourth-order valence-electron chi connectivity index (χ4n) is 4.09. The summed E-state index contributed by atoms with van der Waals surface area (Å²) in [5.74, 6) is 0.696. The lowest BCUT2D eigenvalue weighted by Gasteiger charge is -2.32. The third-order valence-electron chi connectivity index (χ3n) is 5.86. The lowest BCUT2D eigenvalue weighted by atomic mass is 10.0. The van der Waals surface area contributed by atoms with Gasteiger partial charge in [0, 0.05) is 42.8 Å². The third kappa shape index (κ3) is 5.64. The van der Waals surface area contributed by atoms with Crippen molar-refractivity contribution in [1.82, 2.24) is 19.8 Å². The molecule has 0 aliphatic carbocycles. The summed E-state index contributed by atoms with van der Waals surface area (Å²) in [6.45, 7) is 6.93. The van der Waals surface area contributed by atoms with Crippen LogP contribution in [0.2, 0.25) is 5.02 Å². The molecule has 3 aromatic rings. The van der Waals surface area contributed by atoms with Crippen molar-refractivity contribution in [3.05, 3.63) is 69.6 Å². The topological polar surface area (TPSA) is 59.4 Å². The van der Waals surface area contributed by atoms with Crippen LogP contribution >= 0.6 is 11.6 Å². The molecule has 0 unspecified atom stereocenters. The average molecular weight is 441 g/mol. The minimum atomic E-state index is 0.00228. The van der Waals surface area contributed by atoms with Gasteiger partial charge >= 0.3 is 0 Å². The van der Waals surface area contributed by atoms with Crippen LogP contribution in [0.15, 0.2) is 53.5 Å². The first-order chi connectivity index (χ1) is 15.1. The number of hydrogen-bond acceptors (Lipinski definition) is 5. The molecule has 0 amide bonds. The van der Waals surface area contributed by atoms with E-state index in [-0.39, 0.29) is 5.56 Å². The highest BCUT2D eigenvalue weighted by Gasteiger charge is 2.19.